The molecular weight excluding hydrogens is 220 g/mol. The van der Waals surface area contributed by atoms with E-state index in [1.54, 1.807) is 0 Å². The van der Waals surface area contributed by atoms with Gasteiger partial charge in [0.25, 0.3) is 0 Å². The smallest absolute Gasteiger partial charge is 0.203 e. The molecule has 0 spiro atoms. The summed E-state index contributed by atoms with van der Waals surface area (Å²) in [5, 5.41) is 0. The number of hydrogen-bond acceptors (Lipinski definition) is 4. The van der Waals surface area contributed by atoms with Crippen molar-refractivity contribution in [3.05, 3.63) is 10.3 Å². The molecule has 1 rings (SSSR count). The molecule has 1 unspecified atom stereocenters. The van der Waals surface area contributed by atoms with E-state index in [0.717, 1.165) is 0 Å². The summed E-state index contributed by atoms with van der Waals surface area (Å²) in [7, 11) is 0. The van der Waals surface area contributed by atoms with Crippen LogP contribution < -0.4 is 0 Å². The van der Waals surface area contributed by atoms with Gasteiger partial charge in [0.2, 0.25) is 4.47 Å². The second kappa shape index (κ2) is 4.55. The van der Waals surface area contributed by atoms with Crippen molar-refractivity contribution in [2.75, 3.05) is 6.61 Å². The summed E-state index contributed by atoms with van der Waals surface area (Å²) in [6, 6.07) is 0. The SMILES string of the molecule is CCOC(c1nsc(Cl)n1)C(C)(C)C. The van der Waals surface area contributed by atoms with Crippen LogP contribution in [0, 0.1) is 5.41 Å². The molecule has 14 heavy (non-hydrogen) atoms. The molecule has 0 saturated heterocycles. The van der Waals surface area contributed by atoms with E-state index in [1.165, 1.54) is 11.5 Å². The number of ether oxygens (including phenoxy) is 1. The van der Waals surface area contributed by atoms with Crippen LogP contribution in [-0.4, -0.2) is 16.0 Å². The third kappa shape index (κ3) is 2.90. The van der Waals surface area contributed by atoms with Crippen molar-refractivity contribution < 1.29 is 4.74 Å². The minimum absolute atomic E-state index is 0.0135. The molecule has 0 aliphatic heterocycles. The second-order valence-corrected chi connectivity index (χ2v) is 5.44. The lowest BCUT2D eigenvalue weighted by molar-refractivity contribution is -0.0183. The van der Waals surface area contributed by atoms with Crippen LogP contribution in [-0.2, 0) is 4.74 Å². The molecule has 0 aliphatic rings. The summed E-state index contributed by atoms with van der Waals surface area (Å²) >= 11 is 6.94. The molecule has 0 bridgehead atoms. The molecule has 0 radical (unpaired) electrons. The molecule has 3 nitrogen and oxygen atoms in total. The van der Waals surface area contributed by atoms with Crippen molar-refractivity contribution in [2.24, 2.45) is 5.41 Å². The Morgan fingerprint density at radius 1 is 1.50 bits per heavy atom. The predicted molar refractivity (Wildman–Crippen MR) is 58.7 cm³/mol. The van der Waals surface area contributed by atoms with Crippen molar-refractivity contribution in [1.82, 2.24) is 9.36 Å². The molecule has 80 valence electrons. The Morgan fingerprint density at radius 3 is 2.50 bits per heavy atom. The van der Waals surface area contributed by atoms with E-state index in [4.69, 9.17) is 16.3 Å². The van der Waals surface area contributed by atoms with E-state index in [-0.39, 0.29) is 11.5 Å². The van der Waals surface area contributed by atoms with E-state index in [9.17, 15) is 0 Å². The zero-order valence-electron chi connectivity index (χ0n) is 8.87. The molecular formula is C9H15ClN2OS. The van der Waals surface area contributed by atoms with Gasteiger partial charge in [-0.3, -0.25) is 0 Å². The zero-order chi connectivity index (χ0) is 10.8. The molecule has 0 fully saturated rings. The highest BCUT2D eigenvalue weighted by atomic mass is 35.5. The van der Waals surface area contributed by atoms with Crippen LogP contribution in [0.3, 0.4) is 0 Å². The maximum Gasteiger partial charge on any atom is 0.203 e. The Bertz CT molecular complexity index is 295. The Labute approximate surface area is 93.6 Å². The lowest BCUT2D eigenvalue weighted by Crippen LogP contribution is -2.22. The van der Waals surface area contributed by atoms with Gasteiger partial charge >= 0.3 is 0 Å². The summed E-state index contributed by atoms with van der Waals surface area (Å²) in [5.74, 6) is 0.689. The summed E-state index contributed by atoms with van der Waals surface area (Å²) in [6.07, 6.45) is -0.0868. The van der Waals surface area contributed by atoms with Gasteiger partial charge < -0.3 is 4.74 Å². The zero-order valence-corrected chi connectivity index (χ0v) is 10.4. The van der Waals surface area contributed by atoms with Gasteiger partial charge in [-0.1, -0.05) is 20.8 Å². The van der Waals surface area contributed by atoms with Gasteiger partial charge in [-0.05, 0) is 35.5 Å². The molecule has 0 amide bonds. The van der Waals surface area contributed by atoms with Gasteiger partial charge in [0.05, 0.1) is 0 Å². The molecule has 1 atom stereocenters. The van der Waals surface area contributed by atoms with Crippen LogP contribution in [0.1, 0.15) is 39.6 Å². The fourth-order valence-electron chi connectivity index (χ4n) is 1.20. The number of aromatic nitrogens is 2. The normalized spacial score (nSPS) is 14.4. The standard InChI is InChI=1S/C9H15ClN2OS/c1-5-13-6(9(2,3)4)7-11-8(10)14-12-7/h6H,5H2,1-4H3. The minimum atomic E-state index is -0.0868. The summed E-state index contributed by atoms with van der Waals surface area (Å²) in [5.41, 5.74) is -0.0135. The minimum Gasteiger partial charge on any atom is -0.370 e. The Kier molecular flexibility index (Phi) is 3.86. The topological polar surface area (TPSA) is 35.0 Å². The number of rotatable bonds is 3. The Hall–Kier alpha value is -0.190. The first-order valence-corrected chi connectivity index (χ1v) is 5.71. The first kappa shape index (κ1) is 11.9. The number of nitrogens with zero attached hydrogens (tertiary/aromatic N) is 2. The summed E-state index contributed by atoms with van der Waals surface area (Å²) in [4.78, 5) is 4.14. The Morgan fingerprint density at radius 2 is 2.14 bits per heavy atom. The van der Waals surface area contributed by atoms with Gasteiger partial charge in [-0.15, -0.1) is 0 Å². The highest BCUT2D eigenvalue weighted by Crippen LogP contribution is 2.35. The van der Waals surface area contributed by atoms with Gasteiger partial charge in [0, 0.05) is 6.61 Å². The number of hydrogen-bond donors (Lipinski definition) is 0. The maximum atomic E-state index is 5.74. The average molecular weight is 235 g/mol. The molecule has 0 saturated carbocycles. The third-order valence-corrected chi connectivity index (χ3v) is 2.58. The van der Waals surface area contributed by atoms with Crippen LogP contribution in [0.4, 0.5) is 0 Å². The lowest BCUT2D eigenvalue weighted by atomic mass is 9.88. The third-order valence-electron chi connectivity index (χ3n) is 1.77. The molecule has 1 aromatic rings. The summed E-state index contributed by atoms with van der Waals surface area (Å²) < 4.78 is 10.3. The average Bonchev–Trinajstić information content (AvgIpc) is 2.45. The van der Waals surface area contributed by atoms with Crippen LogP contribution in [0.15, 0.2) is 0 Å². The molecule has 0 N–H and O–H groups in total. The fourth-order valence-corrected chi connectivity index (χ4v) is 1.83. The van der Waals surface area contributed by atoms with E-state index < -0.39 is 0 Å². The van der Waals surface area contributed by atoms with E-state index in [1.807, 2.05) is 6.92 Å². The van der Waals surface area contributed by atoms with E-state index in [2.05, 4.69) is 30.1 Å². The monoisotopic (exact) mass is 234 g/mol. The highest BCUT2D eigenvalue weighted by molar-refractivity contribution is 7.10. The van der Waals surface area contributed by atoms with E-state index in [0.29, 0.717) is 16.9 Å². The largest absolute Gasteiger partial charge is 0.370 e. The van der Waals surface area contributed by atoms with Crippen LogP contribution in [0.25, 0.3) is 0 Å². The highest BCUT2D eigenvalue weighted by Gasteiger charge is 2.30. The molecule has 1 aromatic heterocycles. The molecule has 1 heterocycles. The van der Waals surface area contributed by atoms with E-state index >= 15 is 0 Å². The predicted octanol–water partition coefficient (Wildman–Crippen LogP) is 3.32. The molecule has 0 aliphatic carbocycles. The quantitative estimate of drug-likeness (QED) is 0.805. The number of halogens is 1. The first-order valence-electron chi connectivity index (χ1n) is 4.56. The van der Waals surface area contributed by atoms with Gasteiger partial charge in [-0.25, -0.2) is 4.98 Å². The lowest BCUT2D eigenvalue weighted by Gasteiger charge is -2.27. The molecule has 0 aromatic carbocycles. The fraction of sp³-hybridized carbons (Fsp3) is 0.778. The maximum absolute atomic E-state index is 5.74. The van der Waals surface area contributed by atoms with Gasteiger partial charge in [0.1, 0.15) is 6.10 Å². The van der Waals surface area contributed by atoms with Gasteiger partial charge in [-0.2, -0.15) is 4.37 Å². The van der Waals surface area contributed by atoms with Crippen molar-refractivity contribution >= 4 is 23.1 Å². The Balaban J connectivity index is 2.88. The van der Waals surface area contributed by atoms with Crippen molar-refractivity contribution in [1.29, 1.82) is 0 Å². The molecule has 5 heteroatoms. The first-order chi connectivity index (χ1) is 6.45. The van der Waals surface area contributed by atoms with Crippen molar-refractivity contribution in [3.63, 3.8) is 0 Å². The van der Waals surface area contributed by atoms with Gasteiger partial charge in [0.15, 0.2) is 5.82 Å². The van der Waals surface area contributed by atoms with Crippen molar-refractivity contribution in [3.8, 4) is 0 Å². The van der Waals surface area contributed by atoms with Crippen molar-refractivity contribution in [2.45, 2.75) is 33.8 Å². The van der Waals surface area contributed by atoms with Crippen LogP contribution in [0.5, 0.6) is 0 Å². The second-order valence-electron chi connectivity index (χ2n) is 4.11. The van der Waals surface area contributed by atoms with Crippen LogP contribution >= 0.6 is 23.1 Å². The summed E-state index contributed by atoms with van der Waals surface area (Å²) in [6.45, 7) is 8.91. The van der Waals surface area contributed by atoms with Crippen LogP contribution in [0.2, 0.25) is 4.47 Å².